The minimum atomic E-state index is -0.331. The Bertz CT molecular complexity index is 230. The Morgan fingerprint density at radius 2 is 2.62 bits per heavy atom. The number of allylic oxidation sites excluding steroid dienone is 1. The summed E-state index contributed by atoms with van der Waals surface area (Å²) in [6.45, 7) is 5.80. The van der Waals surface area contributed by atoms with Crippen molar-refractivity contribution in [3.63, 3.8) is 0 Å². The number of ether oxygens (including phenoxy) is 2. The Hall–Kier alpha value is -1.25. The molecule has 0 aromatic heterocycles. The fraction of sp³-hybridized carbons (Fsp3) is 0.500. The van der Waals surface area contributed by atoms with E-state index in [9.17, 15) is 4.79 Å². The molecule has 1 atom stereocenters. The fourth-order valence-electron chi connectivity index (χ4n) is 1.18. The number of rotatable bonds is 3. The van der Waals surface area contributed by atoms with Gasteiger partial charge in [-0.25, -0.2) is 4.79 Å². The van der Waals surface area contributed by atoms with Gasteiger partial charge in [0.05, 0.1) is 12.7 Å². The maximum absolute atomic E-state index is 11.0. The lowest BCUT2D eigenvalue weighted by molar-refractivity contribution is -0.137. The monoisotopic (exact) mass is 182 g/mol. The van der Waals surface area contributed by atoms with E-state index in [0.717, 1.165) is 12.8 Å². The molecule has 72 valence electrons. The van der Waals surface area contributed by atoms with Gasteiger partial charge in [0.2, 0.25) is 0 Å². The van der Waals surface area contributed by atoms with E-state index in [1.807, 2.05) is 0 Å². The summed E-state index contributed by atoms with van der Waals surface area (Å²) in [4.78, 5) is 11.0. The molecular weight excluding hydrogens is 168 g/mol. The maximum Gasteiger partial charge on any atom is 0.334 e. The van der Waals surface area contributed by atoms with Gasteiger partial charge in [-0.3, -0.25) is 0 Å². The van der Waals surface area contributed by atoms with E-state index in [1.54, 1.807) is 13.0 Å². The minimum absolute atomic E-state index is 0.0562. The lowest BCUT2D eigenvalue weighted by atomic mass is 10.2. The molecule has 0 radical (unpaired) electrons. The van der Waals surface area contributed by atoms with Gasteiger partial charge in [-0.1, -0.05) is 12.7 Å². The zero-order valence-corrected chi connectivity index (χ0v) is 7.79. The SMILES string of the molecule is C=CC1CC/C(=C\C(=O)OCC)O1. The molecule has 1 unspecified atom stereocenters. The van der Waals surface area contributed by atoms with Crippen LogP contribution in [-0.4, -0.2) is 18.7 Å². The van der Waals surface area contributed by atoms with Gasteiger partial charge in [0.1, 0.15) is 11.9 Å². The molecule has 1 heterocycles. The van der Waals surface area contributed by atoms with Crippen molar-refractivity contribution >= 4 is 5.97 Å². The minimum Gasteiger partial charge on any atom is -0.490 e. The molecule has 3 nitrogen and oxygen atoms in total. The number of hydrogen-bond donors (Lipinski definition) is 0. The lowest BCUT2D eigenvalue weighted by Gasteiger charge is -2.03. The second-order valence-corrected chi connectivity index (χ2v) is 2.79. The Labute approximate surface area is 78.0 Å². The van der Waals surface area contributed by atoms with E-state index < -0.39 is 0 Å². The molecule has 1 rings (SSSR count). The molecule has 1 saturated heterocycles. The van der Waals surface area contributed by atoms with Gasteiger partial charge in [0.15, 0.2) is 0 Å². The Morgan fingerprint density at radius 3 is 3.15 bits per heavy atom. The van der Waals surface area contributed by atoms with Crippen LogP contribution in [0.1, 0.15) is 19.8 Å². The van der Waals surface area contributed by atoms with Crippen molar-refractivity contribution in [2.45, 2.75) is 25.9 Å². The zero-order valence-electron chi connectivity index (χ0n) is 7.79. The van der Waals surface area contributed by atoms with Crippen LogP contribution < -0.4 is 0 Å². The van der Waals surface area contributed by atoms with Crippen LogP contribution in [0.5, 0.6) is 0 Å². The number of hydrogen-bond acceptors (Lipinski definition) is 3. The number of carbonyl (C=O) groups is 1. The molecule has 0 bridgehead atoms. The number of carbonyl (C=O) groups excluding carboxylic acids is 1. The van der Waals surface area contributed by atoms with E-state index in [4.69, 9.17) is 9.47 Å². The molecule has 0 spiro atoms. The van der Waals surface area contributed by atoms with E-state index in [1.165, 1.54) is 6.08 Å². The van der Waals surface area contributed by atoms with Gasteiger partial charge in [-0.15, -0.1) is 0 Å². The van der Waals surface area contributed by atoms with Crippen LogP contribution in [0.4, 0.5) is 0 Å². The summed E-state index contributed by atoms with van der Waals surface area (Å²) in [6.07, 6.45) is 4.89. The fourth-order valence-corrected chi connectivity index (χ4v) is 1.18. The van der Waals surface area contributed by atoms with Crippen LogP contribution in [0, 0.1) is 0 Å². The van der Waals surface area contributed by atoms with Crippen LogP contribution in [0.15, 0.2) is 24.5 Å². The van der Waals surface area contributed by atoms with Crippen LogP contribution >= 0.6 is 0 Å². The third kappa shape index (κ3) is 2.93. The van der Waals surface area contributed by atoms with Gasteiger partial charge in [-0.05, 0) is 13.3 Å². The molecule has 1 aliphatic rings. The van der Waals surface area contributed by atoms with Gasteiger partial charge >= 0.3 is 5.97 Å². The molecule has 1 aliphatic heterocycles. The number of esters is 1. The highest BCUT2D eigenvalue weighted by Crippen LogP contribution is 2.23. The molecule has 0 saturated carbocycles. The standard InChI is InChI=1S/C10H14O3/c1-3-8-5-6-9(13-8)7-10(11)12-4-2/h3,7-8H,1,4-6H2,2H3/b9-7+. The average molecular weight is 182 g/mol. The topological polar surface area (TPSA) is 35.5 Å². The summed E-state index contributed by atoms with van der Waals surface area (Å²) in [6, 6.07) is 0. The van der Waals surface area contributed by atoms with Gasteiger partial charge < -0.3 is 9.47 Å². The van der Waals surface area contributed by atoms with Crippen molar-refractivity contribution < 1.29 is 14.3 Å². The first-order valence-corrected chi connectivity index (χ1v) is 4.42. The van der Waals surface area contributed by atoms with Crippen molar-refractivity contribution in [3.8, 4) is 0 Å². The molecular formula is C10H14O3. The van der Waals surface area contributed by atoms with Crippen molar-refractivity contribution in [3.05, 3.63) is 24.5 Å². The van der Waals surface area contributed by atoms with Crippen molar-refractivity contribution in [1.29, 1.82) is 0 Å². The van der Waals surface area contributed by atoms with Crippen molar-refractivity contribution in [2.24, 2.45) is 0 Å². The molecule has 0 N–H and O–H groups in total. The normalized spacial score (nSPS) is 24.1. The molecule has 0 aliphatic carbocycles. The molecule has 0 aromatic carbocycles. The van der Waals surface area contributed by atoms with Crippen LogP contribution in [0.25, 0.3) is 0 Å². The highest BCUT2D eigenvalue weighted by atomic mass is 16.5. The van der Waals surface area contributed by atoms with Crippen LogP contribution in [0.3, 0.4) is 0 Å². The van der Waals surface area contributed by atoms with Crippen molar-refractivity contribution in [2.75, 3.05) is 6.61 Å². The zero-order chi connectivity index (χ0) is 9.68. The van der Waals surface area contributed by atoms with E-state index >= 15 is 0 Å². The summed E-state index contributed by atoms with van der Waals surface area (Å²) in [5, 5.41) is 0. The first-order valence-electron chi connectivity index (χ1n) is 4.42. The molecule has 1 fully saturated rings. The summed E-state index contributed by atoms with van der Waals surface area (Å²) < 4.78 is 10.1. The molecule has 0 aromatic rings. The Kier molecular flexibility index (Phi) is 3.55. The van der Waals surface area contributed by atoms with Gasteiger partial charge in [0, 0.05) is 6.42 Å². The Balaban J connectivity index is 2.44. The summed E-state index contributed by atoms with van der Waals surface area (Å²) in [5.41, 5.74) is 0. The molecule has 0 amide bonds. The third-order valence-electron chi connectivity index (χ3n) is 1.81. The van der Waals surface area contributed by atoms with E-state index in [2.05, 4.69) is 6.58 Å². The smallest absolute Gasteiger partial charge is 0.334 e. The predicted molar refractivity (Wildman–Crippen MR) is 49.0 cm³/mol. The van der Waals surface area contributed by atoms with E-state index in [0.29, 0.717) is 12.4 Å². The Morgan fingerprint density at radius 1 is 1.85 bits per heavy atom. The van der Waals surface area contributed by atoms with Gasteiger partial charge in [-0.2, -0.15) is 0 Å². The molecule has 13 heavy (non-hydrogen) atoms. The predicted octanol–water partition coefficient (Wildman–Crippen LogP) is 1.80. The summed E-state index contributed by atoms with van der Waals surface area (Å²) in [5.74, 6) is 0.366. The first-order chi connectivity index (χ1) is 6.26. The second-order valence-electron chi connectivity index (χ2n) is 2.79. The highest BCUT2D eigenvalue weighted by molar-refractivity contribution is 5.82. The second kappa shape index (κ2) is 4.70. The van der Waals surface area contributed by atoms with Crippen LogP contribution in [0.2, 0.25) is 0 Å². The van der Waals surface area contributed by atoms with Gasteiger partial charge in [0.25, 0.3) is 0 Å². The van der Waals surface area contributed by atoms with Crippen LogP contribution in [-0.2, 0) is 14.3 Å². The average Bonchev–Trinajstić information content (AvgIpc) is 2.52. The highest BCUT2D eigenvalue weighted by Gasteiger charge is 2.18. The first kappa shape index (κ1) is 9.84. The third-order valence-corrected chi connectivity index (χ3v) is 1.81. The largest absolute Gasteiger partial charge is 0.490 e. The molecule has 3 heteroatoms. The van der Waals surface area contributed by atoms with Crippen molar-refractivity contribution in [1.82, 2.24) is 0 Å². The summed E-state index contributed by atoms with van der Waals surface area (Å²) in [7, 11) is 0. The lowest BCUT2D eigenvalue weighted by Crippen LogP contribution is -2.02. The van der Waals surface area contributed by atoms with E-state index in [-0.39, 0.29) is 12.1 Å². The summed E-state index contributed by atoms with van der Waals surface area (Å²) >= 11 is 0. The maximum atomic E-state index is 11.0. The quantitative estimate of drug-likeness (QED) is 0.379.